The lowest BCUT2D eigenvalue weighted by atomic mass is 10.2. The van der Waals surface area contributed by atoms with Crippen molar-refractivity contribution in [2.24, 2.45) is 0 Å². The number of aryl methyl sites for hydroxylation is 1. The Labute approximate surface area is 133 Å². The van der Waals surface area contributed by atoms with E-state index in [-0.39, 0.29) is 5.97 Å². The summed E-state index contributed by atoms with van der Waals surface area (Å²) in [6.45, 7) is 4.69. The Morgan fingerprint density at radius 3 is 2.48 bits per heavy atom. The molecule has 0 unspecified atom stereocenters. The Morgan fingerprint density at radius 1 is 1.14 bits per heavy atom. The summed E-state index contributed by atoms with van der Waals surface area (Å²) in [4.78, 5) is 12.1. The first-order chi connectivity index (χ1) is 10.1. The van der Waals surface area contributed by atoms with Crippen molar-refractivity contribution < 1.29 is 14.3 Å². The lowest BCUT2D eigenvalue weighted by Crippen LogP contribution is -2.08. The quantitative estimate of drug-likeness (QED) is 0.576. The number of ether oxygens (including phenoxy) is 2. The van der Waals surface area contributed by atoms with Gasteiger partial charge in [0, 0.05) is 0 Å². The van der Waals surface area contributed by atoms with Crippen LogP contribution < -0.4 is 9.47 Å². The predicted molar refractivity (Wildman–Crippen MR) is 86.1 cm³/mol. The average molecular weight is 349 g/mol. The van der Waals surface area contributed by atoms with Gasteiger partial charge in [-0.25, -0.2) is 4.79 Å². The second kappa shape index (κ2) is 7.27. The van der Waals surface area contributed by atoms with Crippen LogP contribution in [0.1, 0.15) is 29.3 Å². The van der Waals surface area contributed by atoms with E-state index < -0.39 is 0 Å². The number of hydrogen-bond donors (Lipinski definition) is 0. The summed E-state index contributed by atoms with van der Waals surface area (Å²) in [5.41, 5.74) is 1.59. The SMILES string of the molecule is CCCOc1ccc(C(=O)Oc2ccc(C)cc2Br)cc1. The Balaban J connectivity index is 2.06. The fraction of sp³-hybridized carbons (Fsp3) is 0.235. The average Bonchev–Trinajstić information content (AvgIpc) is 2.48. The van der Waals surface area contributed by atoms with Crippen LogP contribution in [0.5, 0.6) is 11.5 Å². The van der Waals surface area contributed by atoms with Crippen LogP contribution in [0.3, 0.4) is 0 Å². The van der Waals surface area contributed by atoms with Crippen molar-refractivity contribution in [3.63, 3.8) is 0 Å². The summed E-state index contributed by atoms with van der Waals surface area (Å²) in [6, 6.07) is 12.5. The van der Waals surface area contributed by atoms with Crippen LogP contribution in [0.2, 0.25) is 0 Å². The molecule has 110 valence electrons. The molecule has 0 aliphatic heterocycles. The van der Waals surface area contributed by atoms with Crippen LogP contribution in [0.25, 0.3) is 0 Å². The number of benzene rings is 2. The van der Waals surface area contributed by atoms with Crippen molar-refractivity contribution in [2.75, 3.05) is 6.61 Å². The van der Waals surface area contributed by atoms with Gasteiger partial charge in [-0.3, -0.25) is 0 Å². The highest BCUT2D eigenvalue weighted by molar-refractivity contribution is 9.10. The Kier molecular flexibility index (Phi) is 5.39. The molecule has 0 heterocycles. The van der Waals surface area contributed by atoms with Gasteiger partial charge < -0.3 is 9.47 Å². The zero-order valence-corrected chi connectivity index (χ0v) is 13.6. The van der Waals surface area contributed by atoms with E-state index in [1.807, 2.05) is 26.0 Å². The lowest BCUT2D eigenvalue weighted by molar-refractivity contribution is 0.0733. The molecule has 0 aliphatic rings. The van der Waals surface area contributed by atoms with Crippen LogP contribution in [0.15, 0.2) is 46.9 Å². The largest absolute Gasteiger partial charge is 0.494 e. The van der Waals surface area contributed by atoms with E-state index in [4.69, 9.17) is 9.47 Å². The van der Waals surface area contributed by atoms with Gasteiger partial charge in [0.25, 0.3) is 0 Å². The topological polar surface area (TPSA) is 35.5 Å². The van der Waals surface area contributed by atoms with Crippen LogP contribution in [-0.4, -0.2) is 12.6 Å². The maximum Gasteiger partial charge on any atom is 0.343 e. The van der Waals surface area contributed by atoms with Crippen LogP contribution in [-0.2, 0) is 0 Å². The molecule has 3 nitrogen and oxygen atoms in total. The second-order valence-corrected chi connectivity index (χ2v) is 5.55. The van der Waals surface area contributed by atoms with Crippen molar-refractivity contribution in [3.8, 4) is 11.5 Å². The van der Waals surface area contributed by atoms with Gasteiger partial charge in [0.05, 0.1) is 16.6 Å². The van der Waals surface area contributed by atoms with E-state index in [9.17, 15) is 4.79 Å². The van der Waals surface area contributed by atoms with E-state index in [0.717, 1.165) is 22.2 Å². The first-order valence-corrected chi connectivity index (χ1v) is 7.60. The molecule has 4 heteroatoms. The molecule has 2 aromatic carbocycles. The zero-order valence-electron chi connectivity index (χ0n) is 12.1. The van der Waals surface area contributed by atoms with E-state index in [1.165, 1.54) is 0 Å². The van der Waals surface area contributed by atoms with Crippen molar-refractivity contribution in [2.45, 2.75) is 20.3 Å². The third-order valence-electron chi connectivity index (χ3n) is 2.85. The molecular formula is C17H17BrO3. The molecule has 0 N–H and O–H groups in total. The van der Waals surface area contributed by atoms with Crippen molar-refractivity contribution in [1.29, 1.82) is 0 Å². The standard InChI is InChI=1S/C17H17BrO3/c1-3-10-20-14-7-5-13(6-8-14)17(19)21-16-9-4-12(2)11-15(16)18/h4-9,11H,3,10H2,1-2H3. The normalized spacial score (nSPS) is 10.2. The zero-order chi connectivity index (χ0) is 15.2. The predicted octanol–water partition coefficient (Wildman–Crippen LogP) is 4.77. The third-order valence-corrected chi connectivity index (χ3v) is 3.47. The first-order valence-electron chi connectivity index (χ1n) is 6.81. The number of rotatable bonds is 5. The van der Waals surface area contributed by atoms with Crippen molar-refractivity contribution in [1.82, 2.24) is 0 Å². The Morgan fingerprint density at radius 2 is 1.86 bits per heavy atom. The van der Waals surface area contributed by atoms with Gasteiger partial charge in [-0.2, -0.15) is 0 Å². The molecule has 0 aromatic heterocycles. The van der Waals surface area contributed by atoms with Crippen molar-refractivity contribution in [3.05, 3.63) is 58.1 Å². The number of halogens is 1. The van der Waals surface area contributed by atoms with Gasteiger partial charge in [0.15, 0.2) is 0 Å². The summed E-state index contributed by atoms with van der Waals surface area (Å²) in [5, 5.41) is 0. The number of hydrogen-bond acceptors (Lipinski definition) is 3. The molecule has 21 heavy (non-hydrogen) atoms. The summed E-state index contributed by atoms with van der Waals surface area (Å²) >= 11 is 3.39. The second-order valence-electron chi connectivity index (χ2n) is 4.70. The summed E-state index contributed by atoms with van der Waals surface area (Å²) in [5.74, 6) is 0.878. The molecule has 0 fully saturated rings. The molecule has 0 saturated heterocycles. The third kappa shape index (κ3) is 4.33. The minimum Gasteiger partial charge on any atom is -0.494 e. The highest BCUT2D eigenvalue weighted by Gasteiger charge is 2.11. The maximum absolute atomic E-state index is 12.1. The summed E-state index contributed by atoms with van der Waals surface area (Å²) in [6.07, 6.45) is 0.950. The monoisotopic (exact) mass is 348 g/mol. The van der Waals surface area contributed by atoms with Gasteiger partial charge in [-0.1, -0.05) is 13.0 Å². The molecule has 0 aliphatic carbocycles. The number of carbonyl (C=O) groups is 1. The smallest absolute Gasteiger partial charge is 0.343 e. The molecule has 0 saturated carbocycles. The molecule has 0 amide bonds. The minimum absolute atomic E-state index is 0.387. The van der Waals surface area contributed by atoms with E-state index in [0.29, 0.717) is 17.9 Å². The highest BCUT2D eigenvalue weighted by atomic mass is 79.9. The highest BCUT2D eigenvalue weighted by Crippen LogP contribution is 2.26. The Bertz CT molecular complexity index is 620. The Hall–Kier alpha value is -1.81. The molecular weight excluding hydrogens is 332 g/mol. The lowest BCUT2D eigenvalue weighted by Gasteiger charge is -2.08. The van der Waals surface area contributed by atoms with E-state index in [2.05, 4.69) is 15.9 Å². The summed E-state index contributed by atoms with van der Waals surface area (Å²) in [7, 11) is 0. The number of carbonyl (C=O) groups excluding carboxylic acids is 1. The van der Waals surface area contributed by atoms with Crippen molar-refractivity contribution >= 4 is 21.9 Å². The molecule has 0 atom stereocenters. The maximum atomic E-state index is 12.1. The molecule has 0 radical (unpaired) electrons. The first kappa shape index (κ1) is 15.6. The van der Waals surface area contributed by atoms with E-state index >= 15 is 0 Å². The fourth-order valence-electron chi connectivity index (χ4n) is 1.75. The van der Waals surface area contributed by atoms with Gasteiger partial charge in [0.2, 0.25) is 0 Å². The minimum atomic E-state index is -0.387. The van der Waals surface area contributed by atoms with Gasteiger partial charge in [-0.05, 0) is 71.2 Å². The molecule has 0 bridgehead atoms. The van der Waals surface area contributed by atoms with Crippen LogP contribution in [0.4, 0.5) is 0 Å². The molecule has 2 aromatic rings. The van der Waals surface area contributed by atoms with Gasteiger partial charge >= 0.3 is 5.97 Å². The van der Waals surface area contributed by atoms with Gasteiger partial charge in [0.1, 0.15) is 11.5 Å². The van der Waals surface area contributed by atoms with E-state index in [1.54, 1.807) is 30.3 Å². The fourth-order valence-corrected chi connectivity index (χ4v) is 2.33. The van der Waals surface area contributed by atoms with Crippen LogP contribution in [0, 0.1) is 6.92 Å². The number of esters is 1. The molecule has 2 rings (SSSR count). The summed E-state index contributed by atoms with van der Waals surface area (Å²) < 4.78 is 11.6. The van der Waals surface area contributed by atoms with Gasteiger partial charge in [-0.15, -0.1) is 0 Å². The van der Waals surface area contributed by atoms with Crippen LogP contribution >= 0.6 is 15.9 Å². The molecule has 0 spiro atoms.